The minimum Gasteiger partial charge on any atom is -0.478 e. The molecule has 0 saturated carbocycles. The molecule has 0 bridgehead atoms. The Balaban J connectivity index is 2.67. The summed E-state index contributed by atoms with van der Waals surface area (Å²) >= 11 is 5.77. The number of aromatic carboxylic acids is 1. The Hall–Kier alpha value is -1.26. The molecule has 4 nitrogen and oxygen atoms in total. The number of nitrogens with zero attached hydrogens (tertiary/aromatic N) is 1. The molecule has 0 aliphatic carbocycles. The van der Waals surface area contributed by atoms with Crippen molar-refractivity contribution in [2.45, 2.75) is 6.92 Å². The zero-order valence-electron chi connectivity index (χ0n) is 10.0. The maximum atomic E-state index is 11.0. The van der Waals surface area contributed by atoms with Crippen molar-refractivity contribution in [1.82, 2.24) is 4.90 Å². The highest BCUT2D eigenvalue weighted by molar-refractivity contribution is 6.31. The number of halogens is 1. The van der Waals surface area contributed by atoms with E-state index in [0.717, 1.165) is 13.1 Å². The van der Waals surface area contributed by atoms with Gasteiger partial charge in [-0.1, -0.05) is 18.5 Å². The number of anilines is 1. The van der Waals surface area contributed by atoms with E-state index in [-0.39, 0.29) is 5.56 Å². The van der Waals surface area contributed by atoms with Crippen LogP contribution in [-0.2, 0) is 0 Å². The highest BCUT2D eigenvalue weighted by Crippen LogP contribution is 2.20. The molecule has 0 heterocycles. The number of carbonyl (C=O) groups is 1. The van der Waals surface area contributed by atoms with E-state index < -0.39 is 5.97 Å². The molecule has 0 amide bonds. The van der Waals surface area contributed by atoms with Gasteiger partial charge in [0.05, 0.1) is 5.56 Å². The van der Waals surface area contributed by atoms with E-state index in [4.69, 9.17) is 16.7 Å². The fraction of sp³-hybridized carbons (Fsp3) is 0.417. The van der Waals surface area contributed by atoms with E-state index in [1.807, 2.05) is 7.05 Å². The lowest BCUT2D eigenvalue weighted by Gasteiger charge is -2.15. The maximum absolute atomic E-state index is 11.0. The van der Waals surface area contributed by atoms with Gasteiger partial charge in [0.25, 0.3) is 0 Å². The second-order valence-corrected chi connectivity index (χ2v) is 4.25. The van der Waals surface area contributed by atoms with Crippen molar-refractivity contribution in [3.63, 3.8) is 0 Å². The van der Waals surface area contributed by atoms with Crippen LogP contribution >= 0.6 is 11.6 Å². The molecule has 0 unspecified atom stereocenters. The van der Waals surface area contributed by atoms with E-state index in [1.54, 1.807) is 12.1 Å². The van der Waals surface area contributed by atoms with Crippen LogP contribution < -0.4 is 5.32 Å². The van der Waals surface area contributed by atoms with Gasteiger partial charge in [0, 0.05) is 23.8 Å². The molecule has 0 aliphatic heterocycles. The van der Waals surface area contributed by atoms with Crippen LogP contribution in [0.2, 0.25) is 5.02 Å². The zero-order chi connectivity index (χ0) is 12.8. The summed E-state index contributed by atoms with van der Waals surface area (Å²) in [5, 5.41) is 12.6. The third-order valence-corrected chi connectivity index (χ3v) is 2.80. The monoisotopic (exact) mass is 256 g/mol. The molecule has 1 aromatic rings. The summed E-state index contributed by atoms with van der Waals surface area (Å²) in [6, 6.07) is 4.83. The van der Waals surface area contributed by atoms with Gasteiger partial charge in [-0.05, 0) is 31.8 Å². The Kier molecular flexibility index (Phi) is 5.25. The zero-order valence-corrected chi connectivity index (χ0v) is 10.8. The number of nitrogens with one attached hydrogen (secondary N) is 1. The molecule has 0 aliphatic rings. The highest BCUT2D eigenvalue weighted by atomic mass is 35.5. The van der Waals surface area contributed by atoms with Gasteiger partial charge in [0.15, 0.2) is 0 Å². The Morgan fingerprint density at radius 3 is 2.82 bits per heavy atom. The number of hydrogen-bond donors (Lipinski definition) is 2. The van der Waals surface area contributed by atoms with Gasteiger partial charge in [-0.25, -0.2) is 4.79 Å². The summed E-state index contributed by atoms with van der Waals surface area (Å²) in [6.45, 7) is 4.60. The normalized spacial score (nSPS) is 10.6. The number of benzene rings is 1. The van der Waals surface area contributed by atoms with Crippen LogP contribution in [0.3, 0.4) is 0 Å². The summed E-state index contributed by atoms with van der Waals surface area (Å²) in [6.07, 6.45) is 0. The molecular formula is C12H17ClN2O2. The third kappa shape index (κ3) is 4.24. The number of carboxylic acids is 1. The summed E-state index contributed by atoms with van der Waals surface area (Å²) in [5.41, 5.74) is 0.808. The number of likely N-dealkylation sites (N-methyl/N-ethyl adjacent to an activating group) is 1. The van der Waals surface area contributed by atoms with Crippen molar-refractivity contribution in [2.75, 3.05) is 32.0 Å². The van der Waals surface area contributed by atoms with Crippen LogP contribution in [0.5, 0.6) is 0 Å². The van der Waals surface area contributed by atoms with E-state index >= 15 is 0 Å². The Morgan fingerprint density at radius 2 is 2.24 bits per heavy atom. The predicted molar refractivity (Wildman–Crippen MR) is 70.1 cm³/mol. The lowest BCUT2D eigenvalue weighted by molar-refractivity contribution is 0.0698. The van der Waals surface area contributed by atoms with Crippen LogP contribution in [-0.4, -0.2) is 42.7 Å². The minimum atomic E-state index is -0.973. The second-order valence-electron chi connectivity index (χ2n) is 3.82. The third-order valence-electron chi connectivity index (χ3n) is 2.56. The first-order valence-corrected chi connectivity index (χ1v) is 5.87. The van der Waals surface area contributed by atoms with E-state index in [0.29, 0.717) is 17.3 Å². The first-order chi connectivity index (χ1) is 8.04. The van der Waals surface area contributed by atoms with Gasteiger partial charge in [0.1, 0.15) is 0 Å². The standard InChI is InChI=1S/C12H17ClN2O2/c1-3-15(2)7-6-14-11-5-4-9(13)8-10(11)12(16)17/h4-5,8,14H,3,6-7H2,1-2H3,(H,16,17). The van der Waals surface area contributed by atoms with Crippen LogP contribution in [0.15, 0.2) is 18.2 Å². The molecule has 5 heteroatoms. The first-order valence-electron chi connectivity index (χ1n) is 5.50. The lowest BCUT2D eigenvalue weighted by Crippen LogP contribution is -2.25. The van der Waals surface area contributed by atoms with Crippen LogP contribution in [0.4, 0.5) is 5.69 Å². The van der Waals surface area contributed by atoms with Crippen molar-refractivity contribution >= 4 is 23.3 Å². The smallest absolute Gasteiger partial charge is 0.337 e. The number of rotatable bonds is 6. The summed E-state index contributed by atoms with van der Waals surface area (Å²) in [4.78, 5) is 13.2. The molecule has 94 valence electrons. The average molecular weight is 257 g/mol. The molecule has 0 atom stereocenters. The molecule has 1 rings (SSSR count). The minimum absolute atomic E-state index is 0.205. The van der Waals surface area contributed by atoms with Gasteiger partial charge in [-0.3, -0.25) is 0 Å². The Bertz CT molecular complexity index is 396. The molecular weight excluding hydrogens is 240 g/mol. The maximum Gasteiger partial charge on any atom is 0.337 e. The number of carboxylic acid groups (broad SMARTS) is 1. The average Bonchev–Trinajstić information content (AvgIpc) is 2.30. The molecule has 2 N–H and O–H groups in total. The fourth-order valence-corrected chi connectivity index (χ4v) is 1.56. The van der Waals surface area contributed by atoms with Crippen molar-refractivity contribution in [3.05, 3.63) is 28.8 Å². The van der Waals surface area contributed by atoms with Gasteiger partial charge in [-0.2, -0.15) is 0 Å². The van der Waals surface area contributed by atoms with Gasteiger partial charge in [-0.15, -0.1) is 0 Å². The van der Waals surface area contributed by atoms with Gasteiger partial charge >= 0.3 is 5.97 Å². The highest BCUT2D eigenvalue weighted by Gasteiger charge is 2.10. The molecule has 0 aromatic heterocycles. The fourth-order valence-electron chi connectivity index (χ4n) is 1.39. The van der Waals surface area contributed by atoms with E-state index in [1.165, 1.54) is 6.07 Å². The Morgan fingerprint density at radius 1 is 1.53 bits per heavy atom. The molecule has 0 radical (unpaired) electrons. The van der Waals surface area contributed by atoms with Crippen molar-refractivity contribution in [1.29, 1.82) is 0 Å². The summed E-state index contributed by atoms with van der Waals surface area (Å²) in [5.74, 6) is -0.973. The number of hydrogen-bond acceptors (Lipinski definition) is 3. The summed E-state index contributed by atoms with van der Waals surface area (Å²) in [7, 11) is 2.02. The predicted octanol–water partition coefficient (Wildman–Crippen LogP) is 2.40. The SMILES string of the molecule is CCN(C)CCNc1ccc(Cl)cc1C(=O)O. The van der Waals surface area contributed by atoms with Gasteiger partial charge in [0.2, 0.25) is 0 Å². The van der Waals surface area contributed by atoms with Gasteiger partial charge < -0.3 is 15.3 Å². The molecule has 0 saturated heterocycles. The second kappa shape index (κ2) is 6.47. The van der Waals surface area contributed by atoms with Crippen molar-refractivity contribution in [3.8, 4) is 0 Å². The van der Waals surface area contributed by atoms with Crippen molar-refractivity contribution < 1.29 is 9.90 Å². The first kappa shape index (κ1) is 13.8. The topological polar surface area (TPSA) is 52.6 Å². The van der Waals surface area contributed by atoms with E-state index in [2.05, 4.69) is 17.1 Å². The van der Waals surface area contributed by atoms with Crippen LogP contribution in [0.25, 0.3) is 0 Å². The largest absolute Gasteiger partial charge is 0.478 e. The lowest BCUT2D eigenvalue weighted by atomic mass is 10.2. The summed E-state index contributed by atoms with van der Waals surface area (Å²) < 4.78 is 0. The Labute approximate surface area is 106 Å². The molecule has 0 fully saturated rings. The molecule has 0 spiro atoms. The molecule has 17 heavy (non-hydrogen) atoms. The van der Waals surface area contributed by atoms with Crippen LogP contribution in [0, 0.1) is 0 Å². The molecule has 1 aromatic carbocycles. The quantitative estimate of drug-likeness (QED) is 0.821. The van der Waals surface area contributed by atoms with E-state index in [9.17, 15) is 4.79 Å². The van der Waals surface area contributed by atoms with Crippen LogP contribution in [0.1, 0.15) is 17.3 Å². The van der Waals surface area contributed by atoms with Crippen molar-refractivity contribution in [2.24, 2.45) is 0 Å².